The van der Waals surface area contributed by atoms with Crippen LogP contribution in [0.3, 0.4) is 0 Å². The Balaban J connectivity index is 1.48. The Morgan fingerprint density at radius 3 is 2.89 bits per heavy atom. The van der Waals surface area contributed by atoms with Crippen LogP contribution >= 0.6 is 0 Å². The summed E-state index contributed by atoms with van der Waals surface area (Å²) in [5, 5.41) is 4.32. The van der Waals surface area contributed by atoms with Crippen LogP contribution in [0.15, 0.2) is 36.5 Å². The number of nitrogens with zero attached hydrogens (tertiary/aromatic N) is 1. The molecule has 0 saturated heterocycles. The number of aryl methyl sites for hydroxylation is 1. The molecular formula is C16H20N2O. The molecule has 1 aliphatic carbocycles. The number of rotatable bonds is 5. The fourth-order valence-corrected chi connectivity index (χ4v) is 2.61. The van der Waals surface area contributed by atoms with Crippen molar-refractivity contribution in [2.45, 2.75) is 32.2 Å². The molecule has 0 aliphatic heterocycles. The summed E-state index contributed by atoms with van der Waals surface area (Å²) in [5.41, 5.74) is 1.27. The molecular weight excluding hydrogens is 236 g/mol. The van der Waals surface area contributed by atoms with Gasteiger partial charge in [-0.05, 0) is 36.8 Å². The summed E-state index contributed by atoms with van der Waals surface area (Å²) in [7, 11) is 0. The lowest BCUT2D eigenvalue weighted by molar-refractivity contribution is -0.127. The number of hydrogen-bond donors (Lipinski definition) is 1. The van der Waals surface area contributed by atoms with E-state index in [0.29, 0.717) is 5.92 Å². The standard InChI is InChI=1S/C16H20N2O/c19-16(14-6-3-7-14)17-10-4-11-18-12-9-13-5-1-2-8-15(13)18/h1-2,5,8-9,12,14H,3-4,6-7,10-11H2,(H,17,19). The van der Waals surface area contributed by atoms with Crippen LogP contribution in [0.25, 0.3) is 10.9 Å². The van der Waals surface area contributed by atoms with Gasteiger partial charge in [-0.2, -0.15) is 0 Å². The summed E-state index contributed by atoms with van der Waals surface area (Å²) in [4.78, 5) is 11.7. The summed E-state index contributed by atoms with van der Waals surface area (Å²) in [6.07, 6.45) is 6.48. The van der Waals surface area contributed by atoms with Gasteiger partial charge in [-0.25, -0.2) is 0 Å². The number of fused-ring (bicyclic) bond motifs is 1. The number of carbonyl (C=O) groups excluding carboxylic acids is 1. The number of carbonyl (C=O) groups is 1. The van der Waals surface area contributed by atoms with Crippen LogP contribution in [0.5, 0.6) is 0 Å². The van der Waals surface area contributed by atoms with E-state index in [1.165, 1.54) is 17.3 Å². The number of amides is 1. The minimum Gasteiger partial charge on any atom is -0.356 e. The third kappa shape index (κ3) is 2.65. The van der Waals surface area contributed by atoms with Crippen molar-refractivity contribution in [2.24, 2.45) is 5.92 Å². The normalized spacial score (nSPS) is 15.4. The summed E-state index contributed by atoms with van der Waals surface area (Å²) >= 11 is 0. The van der Waals surface area contributed by atoms with Gasteiger partial charge in [0.1, 0.15) is 0 Å². The Labute approximate surface area is 113 Å². The van der Waals surface area contributed by atoms with Crippen LogP contribution in [-0.4, -0.2) is 17.0 Å². The van der Waals surface area contributed by atoms with Crippen molar-refractivity contribution in [3.05, 3.63) is 36.5 Å². The fourth-order valence-electron chi connectivity index (χ4n) is 2.61. The lowest BCUT2D eigenvalue weighted by Gasteiger charge is -2.24. The van der Waals surface area contributed by atoms with E-state index in [-0.39, 0.29) is 5.91 Å². The van der Waals surface area contributed by atoms with E-state index in [0.717, 1.165) is 32.4 Å². The highest BCUT2D eigenvalue weighted by Gasteiger charge is 2.24. The monoisotopic (exact) mass is 256 g/mol. The molecule has 100 valence electrons. The number of hydrogen-bond acceptors (Lipinski definition) is 1. The Hall–Kier alpha value is -1.77. The van der Waals surface area contributed by atoms with Crippen molar-refractivity contribution in [3.63, 3.8) is 0 Å². The first-order valence-electron chi connectivity index (χ1n) is 7.16. The van der Waals surface area contributed by atoms with Crippen molar-refractivity contribution < 1.29 is 4.79 Å². The molecule has 1 heterocycles. The van der Waals surface area contributed by atoms with Gasteiger partial charge in [0.2, 0.25) is 5.91 Å². The molecule has 2 aromatic rings. The zero-order valence-corrected chi connectivity index (χ0v) is 11.1. The molecule has 0 unspecified atom stereocenters. The molecule has 19 heavy (non-hydrogen) atoms. The average Bonchev–Trinajstić information content (AvgIpc) is 2.76. The second kappa shape index (κ2) is 5.47. The van der Waals surface area contributed by atoms with Crippen molar-refractivity contribution in [2.75, 3.05) is 6.54 Å². The summed E-state index contributed by atoms with van der Waals surface area (Å²) < 4.78 is 2.25. The van der Waals surface area contributed by atoms with Gasteiger partial charge < -0.3 is 9.88 Å². The van der Waals surface area contributed by atoms with E-state index < -0.39 is 0 Å². The predicted octanol–water partition coefficient (Wildman–Crippen LogP) is 2.95. The maximum atomic E-state index is 11.7. The van der Waals surface area contributed by atoms with Crippen molar-refractivity contribution in [3.8, 4) is 0 Å². The molecule has 0 radical (unpaired) electrons. The van der Waals surface area contributed by atoms with Gasteiger partial charge in [-0.15, -0.1) is 0 Å². The minimum absolute atomic E-state index is 0.253. The summed E-state index contributed by atoms with van der Waals surface area (Å²) in [6, 6.07) is 10.5. The minimum atomic E-state index is 0.253. The van der Waals surface area contributed by atoms with Crippen LogP contribution in [-0.2, 0) is 11.3 Å². The van der Waals surface area contributed by atoms with Crippen LogP contribution in [0.4, 0.5) is 0 Å². The Bertz CT molecular complexity index is 569. The van der Waals surface area contributed by atoms with Crippen molar-refractivity contribution >= 4 is 16.8 Å². The Kier molecular flexibility index (Phi) is 3.53. The molecule has 0 bridgehead atoms. The number of para-hydroxylation sites is 1. The second-order valence-electron chi connectivity index (χ2n) is 5.34. The van der Waals surface area contributed by atoms with Gasteiger partial charge in [0.25, 0.3) is 0 Å². The Morgan fingerprint density at radius 1 is 1.26 bits per heavy atom. The van der Waals surface area contributed by atoms with Gasteiger partial charge in [-0.3, -0.25) is 4.79 Å². The molecule has 3 heteroatoms. The van der Waals surface area contributed by atoms with Crippen LogP contribution in [0, 0.1) is 5.92 Å². The van der Waals surface area contributed by atoms with E-state index >= 15 is 0 Å². The van der Waals surface area contributed by atoms with Gasteiger partial charge in [0, 0.05) is 30.7 Å². The molecule has 1 aromatic carbocycles. The van der Waals surface area contributed by atoms with E-state index in [1.807, 2.05) is 0 Å². The van der Waals surface area contributed by atoms with E-state index in [9.17, 15) is 4.79 Å². The molecule has 3 rings (SSSR count). The molecule has 3 nitrogen and oxygen atoms in total. The van der Waals surface area contributed by atoms with Crippen LogP contribution in [0.2, 0.25) is 0 Å². The van der Waals surface area contributed by atoms with E-state index in [1.54, 1.807) is 0 Å². The predicted molar refractivity (Wildman–Crippen MR) is 76.9 cm³/mol. The molecule has 1 fully saturated rings. The smallest absolute Gasteiger partial charge is 0.223 e. The largest absolute Gasteiger partial charge is 0.356 e. The lowest BCUT2D eigenvalue weighted by atomic mass is 9.85. The van der Waals surface area contributed by atoms with Gasteiger partial charge in [0.05, 0.1) is 0 Å². The third-order valence-corrected chi connectivity index (χ3v) is 4.03. The molecule has 1 amide bonds. The first-order chi connectivity index (χ1) is 9.34. The number of aromatic nitrogens is 1. The first-order valence-corrected chi connectivity index (χ1v) is 7.16. The highest BCUT2D eigenvalue weighted by Crippen LogP contribution is 2.26. The molecule has 1 aliphatic rings. The third-order valence-electron chi connectivity index (χ3n) is 4.03. The van der Waals surface area contributed by atoms with Crippen LogP contribution < -0.4 is 5.32 Å². The summed E-state index contributed by atoms with van der Waals surface area (Å²) in [5.74, 6) is 0.552. The number of nitrogens with one attached hydrogen (secondary N) is 1. The summed E-state index contributed by atoms with van der Waals surface area (Å²) in [6.45, 7) is 1.74. The first kappa shape index (κ1) is 12.3. The zero-order chi connectivity index (χ0) is 13.1. The SMILES string of the molecule is O=C(NCCCn1ccc2ccccc21)C1CCC1. The Morgan fingerprint density at radius 2 is 2.11 bits per heavy atom. The lowest BCUT2D eigenvalue weighted by Crippen LogP contribution is -2.35. The van der Waals surface area contributed by atoms with Crippen LogP contribution in [0.1, 0.15) is 25.7 Å². The molecule has 0 atom stereocenters. The fraction of sp³-hybridized carbons (Fsp3) is 0.438. The van der Waals surface area contributed by atoms with Gasteiger partial charge >= 0.3 is 0 Å². The van der Waals surface area contributed by atoms with Gasteiger partial charge in [0.15, 0.2) is 0 Å². The topological polar surface area (TPSA) is 34.0 Å². The zero-order valence-electron chi connectivity index (χ0n) is 11.1. The average molecular weight is 256 g/mol. The van der Waals surface area contributed by atoms with E-state index in [2.05, 4.69) is 46.4 Å². The van der Waals surface area contributed by atoms with Crippen molar-refractivity contribution in [1.82, 2.24) is 9.88 Å². The van der Waals surface area contributed by atoms with E-state index in [4.69, 9.17) is 0 Å². The molecule has 1 saturated carbocycles. The molecule has 1 N–H and O–H groups in total. The van der Waals surface area contributed by atoms with Gasteiger partial charge in [-0.1, -0.05) is 24.6 Å². The second-order valence-corrected chi connectivity index (χ2v) is 5.34. The maximum Gasteiger partial charge on any atom is 0.223 e. The maximum absolute atomic E-state index is 11.7. The highest BCUT2D eigenvalue weighted by molar-refractivity contribution is 5.80. The van der Waals surface area contributed by atoms with Crippen molar-refractivity contribution in [1.29, 1.82) is 0 Å². The quantitative estimate of drug-likeness (QED) is 0.820. The number of benzene rings is 1. The highest BCUT2D eigenvalue weighted by atomic mass is 16.1. The molecule has 0 spiro atoms. The molecule has 1 aromatic heterocycles.